The van der Waals surface area contributed by atoms with Crippen LogP contribution in [0.3, 0.4) is 0 Å². The fourth-order valence-corrected chi connectivity index (χ4v) is 4.62. The number of ether oxygens (including phenoxy) is 3. The number of unbranched alkanes of at least 4 members (excludes halogenated alkanes) is 2. The third-order valence-electron chi connectivity index (χ3n) is 5.19. The predicted octanol–water partition coefficient (Wildman–Crippen LogP) is 5.70. The smallest absolute Gasteiger partial charge is 0.417 e. The van der Waals surface area contributed by atoms with Crippen molar-refractivity contribution in [2.45, 2.75) is 51.6 Å². The van der Waals surface area contributed by atoms with E-state index < -0.39 is 33.6 Å². The van der Waals surface area contributed by atoms with Crippen molar-refractivity contribution >= 4 is 27.5 Å². The molecule has 0 aliphatic rings. The standard InChI is InChI=1S/C24H30ClF3N2O6S/c1-4-5-6-11-37(32,33)30-22(31)12-16(2)19-8-7-18(35-10-9-34-3)14-21(19)36-23-20(25)13-17(15-29-23)24(26,27)28/h7-8,13-16H,4-6,9-12H2,1-3H3,(H,30,31). The van der Waals surface area contributed by atoms with Gasteiger partial charge in [0.15, 0.2) is 0 Å². The van der Waals surface area contributed by atoms with Gasteiger partial charge < -0.3 is 14.2 Å². The zero-order chi connectivity index (χ0) is 27.6. The first-order chi connectivity index (χ1) is 17.4. The van der Waals surface area contributed by atoms with Crippen molar-refractivity contribution in [1.82, 2.24) is 9.71 Å². The maximum absolute atomic E-state index is 13.0. The highest BCUT2D eigenvalue weighted by molar-refractivity contribution is 7.90. The molecule has 8 nitrogen and oxygen atoms in total. The third kappa shape index (κ3) is 10.0. The van der Waals surface area contributed by atoms with Crippen LogP contribution in [0.5, 0.6) is 17.4 Å². The van der Waals surface area contributed by atoms with Gasteiger partial charge in [0.1, 0.15) is 23.1 Å². The van der Waals surface area contributed by atoms with Crippen LogP contribution in [0, 0.1) is 0 Å². The second-order valence-corrected chi connectivity index (χ2v) is 10.6. The van der Waals surface area contributed by atoms with Gasteiger partial charge in [-0.25, -0.2) is 13.4 Å². The van der Waals surface area contributed by atoms with Gasteiger partial charge in [0.05, 0.1) is 17.9 Å². The summed E-state index contributed by atoms with van der Waals surface area (Å²) in [7, 11) is -2.25. The average molecular weight is 567 g/mol. The maximum Gasteiger partial charge on any atom is 0.417 e. The van der Waals surface area contributed by atoms with Crippen LogP contribution >= 0.6 is 11.6 Å². The molecule has 1 amide bonds. The lowest BCUT2D eigenvalue weighted by atomic mass is 9.96. The number of hydrogen-bond donors (Lipinski definition) is 1. The van der Waals surface area contributed by atoms with Crippen LogP contribution in [0.1, 0.15) is 56.6 Å². The van der Waals surface area contributed by atoms with Gasteiger partial charge in [-0.1, -0.05) is 44.4 Å². The zero-order valence-electron chi connectivity index (χ0n) is 20.7. The topological polar surface area (TPSA) is 104 Å². The molecule has 2 rings (SSSR count). The Kier molecular flexibility index (Phi) is 11.5. The molecule has 0 spiro atoms. The lowest BCUT2D eigenvalue weighted by Gasteiger charge is -2.18. The summed E-state index contributed by atoms with van der Waals surface area (Å²) >= 11 is 6.00. The van der Waals surface area contributed by atoms with E-state index in [2.05, 4.69) is 9.71 Å². The van der Waals surface area contributed by atoms with E-state index in [1.165, 1.54) is 13.2 Å². The minimum absolute atomic E-state index is 0.134. The number of pyridine rings is 1. The van der Waals surface area contributed by atoms with Crippen molar-refractivity contribution in [3.05, 3.63) is 46.6 Å². The lowest BCUT2D eigenvalue weighted by molar-refractivity contribution is -0.137. The largest absolute Gasteiger partial charge is 0.491 e. The molecule has 0 bridgehead atoms. The van der Waals surface area contributed by atoms with E-state index in [9.17, 15) is 26.4 Å². The van der Waals surface area contributed by atoms with E-state index >= 15 is 0 Å². The normalized spacial score (nSPS) is 12.7. The van der Waals surface area contributed by atoms with Crippen molar-refractivity contribution < 1.29 is 40.6 Å². The van der Waals surface area contributed by atoms with Crippen molar-refractivity contribution in [3.63, 3.8) is 0 Å². The molecule has 1 atom stereocenters. The molecular weight excluding hydrogens is 537 g/mol. The van der Waals surface area contributed by atoms with Crippen molar-refractivity contribution in [3.8, 4) is 17.4 Å². The van der Waals surface area contributed by atoms with Gasteiger partial charge in [-0.2, -0.15) is 13.2 Å². The number of alkyl halides is 3. The molecule has 1 aromatic carbocycles. The van der Waals surface area contributed by atoms with Crippen LogP contribution in [-0.2, 0) is 25.7 Å². The molecule has 0 fully saturated rings. The Morgan fingerprint density at radius 2 is 1.92 bits per heavy atom. The molecule has 0 aliphatic carbocycles. The molecule has 0 aliphatic heterocycles. The van der Waals surface area contributed by atoms with Crippen LogP contribution in [0.15, 0.2) is 30.5 Å². The van der Waals surface area contributed by atoms with E-state index in [4.69, 9.17) is 25.8 Å². The molecule has 2 aromatic rings. The highest BCUT2D eigenvalue weighted by Gasteiger charge is 2.32. The maximum atomic E-state index is 13.0. The van der Waals surface area contributed by atoms with Crippen LogP contribution in [0.2, 0.25) is 5.02 Å². The van der Waals surface area contributed by atoms with Gasteiger partial charge in [-0.15, -0.1) is 0 Å². The van der Waals surface area contributed by atoms with E-state index in [1.807, 2.05) is 6.92 Å². The molecule has 1 aromatic heterocycles. The highest BCUT2D eigenvalue weighted by Crippen LogP contribution is 2.38. The Morgan fingerprint density at radius 1 is 1.19 bits per heavy atom. The Balaban J connectivity index is 2.27. The monoisotopic (exact) mass is 566 g/mol. The number of amides is 1. The first-order valence-corrected chi connectivity index (χ1v) is 13.6. The number of nitrogens with one attached hydrogen (secondary N) is 1. The Morgan fingerprint density at radius 3 is 2.54 bits per heavy atom. The SMILES string of the molecule is CCCCCS(=O)(=O)NC(=O)CC(C)c1ccc(OCCOC)cc1Oc1ncc(C(F)(F)F)cc1Cl. The number of halogens is 4. The number of carbonyl (C=O) groups excluding carboxylic acids is 1. The van der Waals surface area contributed by atoms with Crippen LogP contribution < -0.4 is 14.2 Å². The second kappa shape index (κ2) is 13.8. The summed E-state index contributed by atoms with van der Waals surface area (Å²) in [6.07, 6.45) is -2.22. The summed E-state index contributed by atoms with van der Waals surface area (Å²) in [5.74, 6) is -1.16. The molecule has 37 heavy (non-hydrogen) atoms. The molecule has 1 heterocycles. The van der Waals surface area contributed by atoms with Gasteiger partial charge >= 0.3 is 6.18 Å². The van der Waals surface area contributed by atoms with Gasteiger partial charge in [0.2, 0.25) is 21.8 Å². The molecule has 0 saturated heterocycles. The number of nitrogens with zero attached hydrogens (tertiary/aromatic N) is 1. The van der Waals surface area contributed by atoms with E-state index in [-0.39, 0.29) is 35.4 Å². The van der Waals surface area contributed by atoms with Gasteiger partial charge in [0.25, 0.3) is 0 Å². The molecule has 0 radical (unpaired) electrons. The molecular formula is C24H30ClF3N2O6S. The summed E-state index contributed by atoms with van der Waals surface area (Å²) in [6.45, 7) is 4.16. The highest BCUT2D eigenvalue weighted by atomic mass is 35.5. The van der Waals surface area contributed by atoms with Gasteiger partial charge in [-0.05, 0) is 30.0 Å². The summed E-state index contributed by atoms with van der Waals surface area (Å²) in [6, 6.07) is 5.41. The Labute approximate surface area is 219 Å². The van der Waals surface area contributed by atoms with E-state index in [0.29, 0.717) is 36.6 Å². The Bertz CT molecular complexity index is 1160. The fraction of sp³-hybridized carbons (Fsp3) is 0.500. The fourth-order valence-electron chi connectivity index (χ4n) is 3.30. The van der Waals surface area contributed by atoms with E-state index in [0.717, 1.165) is 12.8 Å². The molecule has 0 saturated carbocycles. The van der Waals surface area contributed by atoms with Crippen molar-refractivity contribution in [2.24, 2.45) is 0 Å². The van der Waals surface area contributed by atoms with Crippen LogP contribution in [-0.4, -0.2) is 45.4 Å². The molecule has 1 unspecified atom stereocenters. The molecule has 1 N–H and O–H groups in total. The van der Waals surface area contributed by atoms with Crippen LogP contribution in [0.4, 0.5) is 13.2 Å². The van der Waals surface area contributed by atoms with Gasteiger partial charge in [-0.3, -0.25) is 9.52 Å². The van der Waals surface area contributed by atoms with Crippen molar-refractivity contribution in [1.29, 1.82) is 0 Å². The van der Waals surface area contributed by atoms with Crippen molar-refractivity contribution in [2.75, 3.05) is 26.1 Å². The number of carbonyl (C=O) groups is 1. The number of methoxy groups -OCH3 is 1. The second-order valence-electron chi connectivity index (χ2n) is 8.31. The minimum Gasteiger partial charge on any atom is -0.491 e. The summed E-state index contributed by atoms with van der Waals surface area (Å²) < 4.78 is 81.6. The lowest BCUT2D eigenvalue weighted by Crippen LogP contribution is -2.33. The summed E-state index contributed by atoms with van der Waals surface area (Å²) in [5, 5.41) is -0.366. The zero-order valence-corrected chi connectivity index (χ0v) is 22.3. The summed E-state index contributed by atoms with van der Waals surface area (Å²) in [4.78, 5) is 16.2. The molecule has 206 valence electrons. The Hall–Kier alpha value is -2.57. The predicted molar refractivity (Wildman–Crippen MR) is 133 cm³/mol. The number of hydrogen-bond acceptors (Lipinski definition) is 7. The molecule has 13 heteroatoms. The number of rotatable bonds is 14. The average Bonchev–Trinajstić information content (AvgIpc) is 2.79. The summed E-state index contributed by atoms with van der Waals surface area (Å²) in [5.41, 5.74) is -0.567. The number of sulfonamides is 1. The minimum atomic E-state index is -4.63. The van der Waals surface area contributed by atoms with Gasteiger partial charge in [0, 0.05) is 25.8 Å². The number of aromatic nitrogens is 1. The van der Waals surface area contributed by atoms with E-state index in [1.54, 1.807) is 19.1 Å². The number of benzene rings is 1. The first kappa shape index (κ1) is 30.7. The quantitative estimate of drug-likeness (QED) is 0.292. The first-order valence-electron chi connectivity index (χ1n) is 11.6. The van der Waals surface area contributed by atoms with Crippen LogP contribution in [0.25, 0.3) is 0 Å². The third-order valence-corrected chi connectivity index (χ3v) is 6.83.